The minimum absolute atomic E-state index is 0.0947. The standard InChI is InChI=1S/C21H25ClN2O3/c1-16(21(26)23-2)24(15-17-8-6-9-18(22)14-17)20(25)12-7-13-27-19-10-4-3-5-11-19/h3-6,8-11,14,16H,7,12-13,15H2,1-2H3,(H,23,26)/t16-/m0/s1. The van der Waals surface area contributed by atoms with Crippen LogP contribution in [-0.2, 0) is 16.1 Å². The number of carbonyl (C=O) groups is 2. The summed E-state index contributed by atoms with van der Waals surface area (Å²) < 4.78 is 5.63. The summed E-state index contributed by atoms with van der Waals surface area (Å²) >= 11 is 6.04. The van der Waals surface area contributed by atoms with E-state index in [-0.39, 0.29) is 11.8 Å². The molecule has 0 saturated heterocycles. The monoisotopic (exact) mass is 388 g/mol. The van der Waals surface area contributed by atoms with Gasteiger partial charge < -0.3 is 15.0 Å². The number of nitrogens with zero attached hydrogens (tertiary/aromatic N) is 1. The van der Waals surface area contributed by atoms with E-state index >= 15 is 0 Å². The van der Waals surface area contributed by atoms with Gasteiger partial charge in [0.05, 0.1) is 6.61 Å². The zero-order valence-corrected chi connectivity index (χ0v) is 16.4. The van der Waals surface area contributed by atoms with Gasteiger partial charge in [-0.1, -0.05) is 41.9 Å². The molecule has 0 spiro atoms. The zero-order valence-electron chi connectivity index (χ0n) is 15.7. The molecule has 2 rings (SSSR count). The first kappa shape index (κ1) is 20.8. The van der Waals surface area contributed by atoms with Gasteiger partial charge in [0.1, 0.15) is 11.8 Å². The van der Waals surface area contributed by atoms with Gasteiger partial charge in [0.2, 0.25) is 11.8 Å². The van der Waals surface area contributed by atoms with E-state index in [1.807, 2.05) is 42.5 Å². The van der Waals surface area contributed by atoms with Crippen LogP contribution in [0.25, 0.3) is 0 Å². The van der Waals surface area contributed by atoms with Crippen LogP contribution in [0, 0.1) is 0 Å². The Kier molecular flexibility index (Phi) is 8.14. The number of hydrogen-bond donors (Lipinski definition) is 1. The fourth-order valence-electron chi connectivity index (χ4n) is 2.70. The lowest BCUT2D eigenvalue weighted by atomic mass is 10.1. The molecular weight excluding hydrogens is 364 g/mol. The maximum atomic E-state index is 12.8. The number of nitrogens with one attached hydrogen (secondary N) is 1. The van der Waals surface area contributed by atoms with Crippen molar-refractivity contribution in [3.8, 4) is 5.75 Å². The quantitative estimate of drug-likeness (QED) is 0.667. The van der Waals surface area contributed by atoms with Crippen LogP contribution in [0.5, 0.6) is 5.75 Å². The molecule has 2 aromatic rings. The Balaban J connectivity index is 1.96. The fourth-order valence-corrected chi connectivity index (χ4v) is 2.91. The molecular formula is C21H25ClN2O3. The lowest BCUT2D eigenvalue weighted by Gasteiger charge is -2.28. The van der Waals surface area contributed by atoms with Crippen molar-refractivity contribution in [2.24, 2.45) is 0 Å². The summed E-state index contributed by atoms with van der Waals surface area (Å²) in [6.07, 6.45) is 0.870. The first-order valence-electron chi connectivity index (χ1n) is 8.94. The summed E-state index contributed by atoms with van der Waals surface area (Å²) in [6, 6.07) is 16.2. The smallest absolute Gasteiger partial charge is 0.242 e. The summed E-state index contributed by atoms with van der Waals surface area (Å²) in [5, 5.41) is 3.20. The van der Waals surface area contributed by atoms with Gasteiger partial charge in [0.15, 0.2) is 0 Å². The summed E-state index contributed by atoms with van der Waals surface area (Å²) in [6.45, 7) is 2.49. The van der Waals surface area contributed by atoms with E-state index in [0.717, 1.165) is 11.3 Å². The molecule has 0 radical (unpaired) electrons. The van der Waals surface area contributed by atoms with Crippen molar-refractivity contribution in [2.75, 3.05) is 13.7 Å². The predicted octanol–water partition coefficient (Wildman–Crippen LogP) is 3.66. The highest BCUT2D eigenvalue weighted by molar-refractivity contribution is 6.30. The highest BCUT2D eigenvalue weighted by Gasteiger charge is 2.25. The van der Waals surface area contributed by atoms with Gasteiger partial charge in [-0.25, -0.2) is 0 Å². The van der Waals surface area contributed by atoms with E-state index in [4.69, 9.17) is 16.3 Å². The van der Waals surface area contributed by atoms with Gasteiger partial charge in [-0.2, -0.15) is 0 Å². The number of ether oxygens (including phenoxy) is 1. The van der Waals surface area contributed by atoms with E-state index < -0.39 is 6.04 Å². The molecule has 0 aliphatic heterocycles. The maximum Gasteiger partial charge on any atom is 0.242 e. The van der Waals surface area contributed by atoms with Gasteiger partial charge in [-0.3, -0.25) is 9.59 Å². The Morgan fingerprint density at radius 3 is 2.56 bits per heavy atom. The minimum Gasteiger partial charge on any atom is -0.494 e. The highest BCUT2D eigenvalue weighted by Crippen LogP contribution is 2.16. The topological polar surface area (TPSA) is 58.6 Å². The third-order valence-electron chi connectivity index (χ3n) is 4.20. The highest BCUT2D eigenvalue weighted by atomic mass is 35.5. The molecule has 1 N–H and O–H groups in total. The zero-order chi connectivity index (χ0) is 19.6. The summed E-state index contributed by atoms with van der Waals surface area (Å²) in [7, 11) is 1.56. The molecule has 6 heteroatoms. The first-order valence-corrected chi connectivity index (χ1v) is 9.32. The average Bonchev–Trinajstić information content (AvgIpc) is 2.69. The SMILES string of the molecule is CNC(=O)[C@H](C)N(Cc1cccc(Cl)c1)C(=O)CCCOc1ccccc1. The Hall–Kier alpha value is -2.53. The fraction of sp³-hybridized carbons (Fsp3) is 0.333. The van der Waals surface area contributed by atoms with Crippen LogP contribution in [0.15, 0.2) is 54.6 Å². The molecule has 144 valence electrons. The Bertz CT molecular complexity index is 752. The number of rotatable bonds is 9. The van der Waals surface area contributed by atoms with E-state index in [9.17, 15) is 9.59 Å². The molecule has 0 heterocycles. The van der Waals surface area contributed by atoms with Crippen LogP contribution in [0.4, 0.5) is 0 Å². The number of benzene rings is 2. The molecule has 0 fully saturated rings. The Morgan fingerprint density at radius 2 is 1.89 bits per heavy atom. The molecule has 2 amide bonds. The second kappa shape index (κ2) is 10.6. The van der Waals surface area contributed by atoms with Crippen molar-refractivity contribution in [3.05, 3.63) is 65.2 Å². The van der Waals surface area contributed by atoms with Gasteiger partial charge in [0, 0.05) is 25.0 Å². The molecule has 0 aromatic heterocycles. The molecule has 0 unspecified atom stereocenters. The third-order valence-corrected chi connectivity index (χ3v) is 4.44. The summed E-state index contributed by atoms with van der Waals surface area (Å²) in [5.41, 5.74) is 0.882. The van der Waals surface area contributed by atoms with Crippen molar-refractivity contribution in [3.63, 3.8) is 0 Å². The number of para-hydroxylation sites is 1. The summed E-state index contributed by atoms with van der Waals surface area (Å²) in [4.78, 5) is 26.4. The molecule has 0 aliphatic rings. The lowest BCUT2D eigenvalue weighted by molar-refractivity contribution is -0.140. The van der Waals surface area contributed by atoms with Crippen molar-refractivity contribution in [1.82, 2.24) is 10.2 Å². The van der Waals surface area contributed by atoms with Crippen LogP contribution in [0.3, 0.4) is 0 Å². The van der Waals surface area contributed by atoms with Crippen molar-refractivity contribution in [1.29, 1.82) is 0 Å². The maximum absolute atomic E-state index is 12.8. The van der Waals surface area contributed by atoms with Gasteiger partial charge >= 0.3 is 0 Å². The van der Waals surface area contributed by atoms with Crippen LogP contribution >= 0.6 is 11.6 Å². The van der Waals surface area contributed by atoms with Crippen LogP contribution < -0.4 is 10.1 Å². The lowest BCUT2D eigenvalue weighted by Crippen LogP contribution is -2.46. The molecule has 2 aromatic carbocycles. The van der Waals surface area contributed by atoms with Crippen LogP contribution in [0.2, 0.25) is 5.02 Å². The number of halogens is 1. The number of hydrogen-bond acceptors (Lipinski definition) is 3. The number of likely N-dealkylation sites (N-methyl/N-ethyl adjacent to an activating group) is 1. The minimum atomic E-state index is -0.573. The third kappa shape index (κ3) is 6.61. The van der Waals surface area contributed by atoms with E-state index in [0.29, 0.717) is 31.0 Å². The molecule has 0 aliphatic carbocycles. The largest absolute Gasteiger partial charge is 0.494 e. The van der Waals surface area contributed by atoms with Crippen molar-refractivity contribution < 1.29 is 14.3 Å². The van der Waals surface area contributed by atoms with Gasteiger partial charge in [0.25, 0.3) is 0 Å². The Labute approximate surface area is 165 Å². The van der Waals surface area contributed by atoms with Crippen LogP contribution in [-0.4, -0.2) is 36.4 Å². The second-order valence-electron chi connectivity index (χ2n) is 6.21. The number of carbonyl (C=O) groups excluding carboxylic acids is 2. The van der Waals surface area contributed by atoms with E-state index in [1.54, 1.807) is 31.0 Å². The predicted molar refractivity (Wildman–Crippen MR) is 107 cm³/mol. The molecule has 1 atom stereocenters. The normalized spacial score (nSPS) is 11.5. The van der Waals surface area contributed by atoms with Crippen molar-refractivity contribution >= 4 is 23.4 Å². The first-order chi connectivity index (χ1) is 13.0. The molecule has 0 bridgehead atoms. The Morgan fingerprint density at radius 1 is 1.15 bits per heavy atom. The molecule has 5 nitrogen and oxygen atoms in total. The van der Waals surface area contributed by atoms with E-state index in [1.165, 1.54) is 0 Å². The van der Waals surface area contributed by atoms with Gasteiger partial charge in [-0.05, 0) is 43.2 Å². The average molecular weight is 389 g/mol. The summed E-state index contributed by atoms with van der Waals surface area (Å²) in [5.74, 6) is 0.480. The number of amides is 2. The molecule has 27 heavy (non-hydrogen) atoms. The van der Waals surface area contributed by atoms with Crippen LogP contribution in [0.1, 0.15) is 25.3 Å². The van der Waals surface area contributed by atoms with Gasteiger partial charge in [-0.15, -0.1) is 0 Å². The van der Waals surface area contributed by atoms with Crippen molar-refractivity contribution in [2.45, 2.75) is 32.4 Å². The molecule has 0 saturated carbocycles. The second-order valence-corrected chi connectivity index (χ2v) is 6.64. The van der Waals surface area contributed by atoms with E-state index in [2.05, 4.69) is 5.32 Å².